The smallest absolute Gasteiger partial charge is 0.233 e. The van der Waals surface area contributed by atoms with Crippen molar-refractivity contribution in [2.75, 3.05) is 12.8 Å². The highest BCUT2D eigenvalue weighted by atomic mass is 32.2. The Balaban J connectivity index is 1.66. The number of aromatic nitrogens is 3. The van der Waals surface area contributed by atoms with Gasteiger partial charge in [0.1, 0.15) is 6.33 Å². The second-order valence-electron chi connectivity index (χ2n) is 6.93. The summed E-state index contributed by atoms with van der Waals surface area (Å²) in [5, 5.41) is 8.99. The zero-order valence-electron chi connectivity index (χ0n) is 16.8. The van der Waals surface area contributed by atoms with E-state index in [1.165, 1.54) is 34.0 Å². The molecule has 0 saturated carbocycles. The van der Waals surface area contributed by atoms with Crippen molar-refractivity contribution in [3.63, 3.8) is 0 Å². The van der Waals surface area contributed by atoms with Crippen LogP contribution in [-0.4, -0.2) is 38.4 Å². The summed E-state index contributed by atoms with van der Waals surface area (Å²) in [4.78, 5) is 14.4. The Kier molecular flexibility index (Phi) is 6.52. The predicted octanol–water partition coefficient (Wildman–Crippen LogP) is 4.20. The second kappa shape index (κ2) is 9.06. The Morgan fingerprint density at radius 2 is 1.93 bits per heavy atom. The quantitative estimate of drug-likeness (QED) is 0.564. The van der Waals surface area contributed by atoms with Crippen molar-refractivity contribution in [1.82, 2.24) is 19.7 Å². The number of rotatable bonds is 7. The Morgan fingerprint density at radius 3 is 2.68 bits per heavy atom. The summed E-state index contributed by atoms with van der Waals surface area (Å²) in [6.45, 7) is 6.90. The van der Waals surface area contributed by atoms with E-state index < -0.39 is 0 Å². The maximum Gasteiger partial charge on any atom is 0.233 e. The fourth-order valence-corrected chi connectivity index (χ4v) is 4.00. The van der Waals surface area contributed by atoms with Crippen molar-refractivity contribution < 1.29 is 4.79 Å². The van der Waals surface area contributed by atoms with E-state index in [0.29, 0.717) is 12.3 Å². The van der Waals surface area contributed by atoms with E-state index >= 15 is 0 Å². The minimum absolute atomic E-state index is 0.0725. The molecule has 1 amide bonds. The normalized spacial score (nSPS) is 10.9. The van der Waals surface area contributed by atoms with Gasteiger partial charge in [-0.2, -0.15) is 0 Å². The first-order valence-electron chi connectivity index (χ1n) is 9.40. The lowest BCUT2D eigenvalue weighted by molar-refractivity contribution is -0.127. The molecule has 28 heavy (non-hydrogen) atoms. The number of nitrogens with zero attached hydrogens (tertiary/aromatic N) is 4. The molecule has 0 spiro atoms. The first kappa shape index (κ1) is 20.1. The molecule has 0 unspecified atom stereocenters. The van der Waals surface area contributed by atoms with Crippen LogP contribution in [-0.2, 0) is 17.8 Å². The Bertz CT molecular complexity index is 967. The monoisotopic (exact) mass is 394 g/mol. The molecule has 3 aromatic rings. The molecular weight excluding hydrogens is 368 g/mol. The molecule has 0 bridgehead atoms. The number of hydrogen-bond acceptors (Lipinski definition) is 4. The molecule has 1 aromatic heterocycles. The lowest BCUT2D eigenvalue weighted by atomic mass is 10.1. The Labute approximate surface area is 170 Å². The summed E-state index contributed by atoms with van der Waals surface area (Å²) in [6, 6.07) is 14.5. The van der Waals surface area contributed by atoms with Crippen LogP contribution in [0.25, 0.3) is 5.69 Å². The van der Waals surface area contributed by atoms with E-state index in [0.717, 1.165) is 17.3 Å². The van der Waals surface area contributed by atoms with Gasteiger partial charge in [-0.15, -0.1) is 10.2 Å². The van der Waals surface area contributed by atoms with Gasteiger partial charge in [-0.05, 0) is 43.0 Å². The number of amides is 1. The van der Waals surface area contributed by atoms with Crippen LogP contribution >= 0.6 is 11.8 Å². The van der Waals surface area contributed by atoms with Crippen LogP contribution in [0.5, 0.6) is 0 Å². The molecule has 146 valence electrons. The highest BCUT2D eigenvalue weighted by Gasteiger charge is 2.15. The number of para-hydroxylation sites is 1. The molecule has 0 N–H and O–H groups in total. The minimum Gasteiger partial charge on any atom is -0.341 e. The van der Waals surface area contributed by atoms with Crippen molar-refractivity contribution in [3.05, 3.63) is 71.0 Å². The van der Waals surface area contributed by atoms with Gasteiger partial charge >= 0.3 is 0 Å². The van der Waals surface area contributed by atoms with Crippen LogP contribution in [0.1, 0.15) is 29.2 Å². The lowest BCUT2D eigenvalue weighted by Gasteiger charge is -2.18. The molecule has 0 aliphatic rings. The van der Waals surface area contributed by atoms with Crippen molar-refractivity contribution in [1.29, 1.82) is 0 Å². The first-order valence-corrected chi connectivity index (χ1v) is 10.4. The van der Waals surface area contributed by atoms with E-state index in [2.05, 4.69) is 61.3 Å². The number of carbonyl (C=O) groups excluding carboxylic acids is 1. The van der Waals surface area contributed by atoms with Gasteiger partial charge in [0.25, 0.3) is 0 Å². The Morgan fingerprint density at radius 1 is 1.14 bits per heavy atom. The third-order valence-corrected chi connectivity index (χ3v) is 5.73. The number of hydrogen-bond donors (Lipinski definition) is 0. The van der Waals surface area contributed by atoms with Crippen LogP contribution in [0, 0.1) is 13.8 Å². The molecule has 0 saturated heterocycles. The van der Waals surface area contributed by atoms with Crippen LogP contribution in [0.15, 0.2) is 53.9 Å². The lowest BCUT2D eigenvalue weighted by Crippen LogP contribution is -2.28. The number of thioether (sulfide) groups is 1. The number of aryl methyl sites for hydroxylation is 3. The first-order chi connectivity index (χ1) is 13.5. The average Bonchev–Trinajstić information content (AvgIpc) is 3.16. The molecule has 5 nitrogen and oxygen atoms in total. The summed E-state index contributed by atoms with van der Waals surface area (Å²) in [6.07, 6.45) is 2.64. The van der Waals surface area contributed by atoms with Crippen molar-refractivity contribution in [2.45, 2.75) is 38.9 Å². The van der Waals surface area contributed by atoms with E-state index in [1.54, 1.807) is 11.2 Å². The number of benzene rings is 2. The van der Waals surface area contributed by atoms with E-state index in [-0.39, 0.29) is 5.91 Å². The highest BCUT2D eigenvalue weighted by molar-refractivity contribution is 7.99. The maximum absolute atomic E-state index is 12.6. The van der Waals surface area contributed by atoms with Crippen LogP contribution in [0.2, 0.25) is 0 Å². The van der Waals surface area contributed by atoms with Gasteiger partial charge in [0.15, 0.2) is 5.16 Å². The molecule has 0 fully saturated rings. The summed E-state index contributed by atoms with van der Waals surface area (Å²) in [5.41, 5.74) is 5.91. The van der Waals surface area contributed by atoms with Gasteiger partial charge in [0.2, 0.25) is 5.91 Å². The molecule has 0 aliphatic heterocycles. The van der Waals surface area contributed by atoms with Crippen molar-refractivity contribution in [2.24, 2.45) is 0 Å². The Hall–Kier alpha value is -2.60. The topological polar surface area (TPSA) is 51.0 Å². The standard InChI is InChI=1S/C22H26N4OS/c1-5-18-8-6-7-9-20(18)26-15-23-24-22(26)28-14-21(27)25(4)13-19-11-10-16(2)12-17(19)3/h6-12,15H,5,13-14H2,1-4H3. The fraction of sp³-hybridized carbons (Fsp3) is 0.318. The zero-order chi connectivity index (χ0) is 20.1. The highest BCUT2D eigenvalue weighted by Crippen LogP contribution is 2.23. The molecule has 0 atom stereocenters. The minimum atomic E-state index is 0.0725. The third kappa shape index (κ3) is 4.62. The van der Waals surface area contributed by atoms with Gasteiger partial charge in [0, 0.05) is 13.6 Å². The van der Waals surface area contributed by atoms with Crippen LogP contribution in [0.4, 0.5) is 0 Å². The second-order valence-corrected chi connectivity index (χ2v) is 7.88. The third-order valence-electron chi connectivity index (χ3n) is 4.80. The van der Waals surface area contributed by atoms with E-state index in [4.69, 9.17) is 0 Å². The predicted molar refractivity (Wildman–Crippen MR) is 114 cm³/mol. The summed E-state index contributed by atoms with van der Waals surface area (Å²) in [5.74, 6) is 0.400. The van der Waals surface area contributed by atoms with Gasteiger partial charge in [-0.1, -0.05) is 60.6 Å². The number of carbonyl (C=O) groups is 1. The maximum atomic E-state index is 12.6. The largest absolute Gasteiger partial charge is 0.341 e. The van der Waals surface area contributed by atoms with Gasteiger partial charge in [0.05, 0.1) is 11.4 Å². The summed E-state index contributed by atoms with van der Waals surface area (Å²) >= 11 is 1.42. The van der Waals surface area contributed by atoms with Crippen molar-refractivity contribution >= 4 is 17.7 Å². The molecule has 1 heterocycles. The SMILES string of the molecule is CCc1ccccc1-n1cnnc1SCC(=O)N(C)Cc1ccc(C)cc1C. The van der Waals surface area contributed by atoms with Gasteiger partial charge in [-0.25, -0.2) is 0 Å². The summed E-state index contributed by atoms with van der Waals surface area (Å²) in [7, 11) is 1.85. The molecule has 0 aliphatic carbocycles. The molecule has 3 rings (SSSR count). The average molecular weight is 395 g/mol. The van der Waals surface area contributed by atoms with Crippen LogP contribution in [0.3, 0.4) is 0 Å². The van der Waals surface area contributed by atoms with E-state index in [1.807, 2.05) is 23.7 Å². The fourth-order valence-electron chi connectivity index (χ4n) is 3.14. The zero-order valence-corrected chi connectivity index (χ0v) is 17.7. The van der Waals surface area contributed by atoms with Crippen molar-refractivity contribution in [3.8, 4) is 5.69 Å². The van der Waals surface area contributed by atoms with Gasteiger partial charge in [-0.3, -0.25) is 9.36 Å². The molecule has 6 heteroatoms. The molecule has 0 radical (unpaired) electrons. The van der Waals surface area contributed by atoms with Gasteiger partial charge < -0.3 is 4.90 Å². The molecular formula is C22H26N4OS. The van der Waals surface area contributed by atoms with E-state index in [9.17, 15) is 4.79 Å². The summed E-state index contributed by atoms with van der Waals surface area (Å²) < 4.78 is 1.96. The molecule has 2 aromatic carbocycles. The van der Waals surface area contributed by atoms with Crippen LogP contribution < -0.4 is 0 Å².